The van der Waals surface area contributed by atoms with Gasteiger partial charge in [0.15, 0.2) is 0 Å². The number of hydrogen-bond acceptors (Lipinski definition) is 3. The summed E-state index contributed by atoms with van der Waals surface area (Å²) in [6.07, 6.45) is -0.849. The van der Waals surface area contributed by atoms with E-state index in [2.05, 4.69) is 0 Å². The molecule has 0 atom stereocenters. The van der Waals surface area contributed by atoms with Crippen molar-refractivity contribution in [3.05, 3.63) is 54.1 Å². The maximum atomic E-state index is 11.0. The highest BCUT2D eigenvalue weighted by molar-refractivity contribution is 5.93. The standard InChI is InChI=1S/C14H12N2O3/c15-13(17)11-3-1-9(2-4-11)10-5-7-12(8-6-10)19-14(16)18/h1-8H,(H2,15,17)(H2,16,18). The first-order valence-corrected chi connectivity index (χ1v) is 5.54. The van der Waals surface area contributed by atoms with Gasteiger partial charge in [-0.15, -0.1) is 0 Å². The predicted molar refractivity (Wildman–Crippen MR) is 70.6 cm³/mol. The van der Waals surface area contributed by atoms with E-state index in [1.807, 2.05) is 0 Å². The third kappa shape index (κ3) is 3.10. The van der Waals surface area contributed by atoms with Crippen molar-refractivity contribution in [3.63, 3.8) is 0 Å². The maximum absolute atomic E-state index is 11.0. The first-order valence-electron chi connectivity index (χ1n) is 5.54. The molecule has 96 valence electrons. The van der Waals surface area contributed by atoms with Crippen molar-refractivity contribution in [1.29, 1.82) is 0 Å². The van der Waals surface area contributed by atoms with E-state index in [-0.39, 0.29) is 0 Å². The Morgan fingerprint density at radius 3 is 1.68 bits per heavy atom. The predicted octanol–water partition coefficient (Wildman–Crippen LogP) is 1.91. The van der Waals surface area contributed by atoms with Crippen LogP contribution in [0, 0.1) is 0 Å². The molecule has 0 fully saturated rings. The molecule has 4 N–H and O–H groups in total. The van der Waals surface area contributed by atoms with Crippen molar-refractivity contribution < 1.29 is 14.3 Å². The number of ether oxygens (including phenoxy) is 1. The molecule has 0 saturated heterocycles. The van der Waals surface area contributed by atoms with E-state index in [0.29, 0.717) is 11.3 Å². The van der Waals surface area contributed by atoms with E-state index in [1.54, 1.807) is 48.5 Å². The zero-order chi connectivity index (χ0) is 13.8. The lowest BCUT2D eigenvalue weighted by molar-refractivity contribution is 0.1000. The van der Waals surface area contributed by atoms with Gasteiger partial charge in [-0.3, -0.25) is 4.79 Å². The van der Waals surface area contributed by atoms with Crippen LogP contribution in [0.4, 0.5) is 4.79 Å². The first kappa shape index (κ1) is 12.6. The Kier molecular flexibility index (Phi) is 3.47. The van der Waals surface area contributed by atoms with Gasteiger partial charge in [-0.2, -0.15) is 0 Å². The van der Waals surface area contributed by atoms with Crippen LogP contribution in [-0.4, -0.2) is 12.0 Å². The van der Waals surface area contributed by atoms with Crippen LogP contribution in [0.3, 0.4) is 0 Å². The van der Waals surface area contributed by atoms with Crippen molar-refractivity contribution in [2.45, 2.75) is 0 Å². The number of nitrogens with two attached hydrogens (primary N) is 2. The molecule has 19 heavy (non-hydrogen) atoms. The monoisotopic (exact) mass is 256 g/mol. The summed E-state index contributed by atoms with van der Waals surface area (Å²) in [5.74, 6) is -0.0817. The first-order chi connectivity index (χ1) is 9.06. The third-order valence-electron chi connectivity index (χ3n) is 2.58. The second kappa shape index (κ2) is 5.22. The molecule has 0 radical (unpaired) electrons. The lowest BCUT2D eigenvalue weighted by Crippen LogP contribution is -2.16. The minimum absolute atomic E-state index is 0.380. The number of benzene rings is 2. The molecule has 2 rings (SSSR count). The van der Waals surface area contributed by atoms with Crippen LogP contribution >= 0.6 is 0 Å². The third-order valence-corrected chi connectivity index (χ3v) is 2.58. The summed E-state index contributed by atoms with van der Waals surface area (Å²) < 4.78 is 4.73. The van der Waals surface area contributed by atoms with Gasteiger partial charge in [0, 0.05) is 5.56 Å². The zero-order valence-electron chi connectivity index (χ0n) is 10.00. The van der Waals surface area contributed by atoms with Crippen molar-refractivity contribution in [3.8, 4) is 16.9 Å². The Bertz CT molecular complexity index is 604. The highest BCUT2D eigenvalue weighted by atomic mass is 16.5. The number of rotatable bonds is 3. The van der Waals surface area contributed by atoms with E-state index in [4.69, 9.17) is 16.2 Å². The molecule has 0 unspecified atom stereocenters. The Balaban J connectivity index is 2.22. The van der Waals surface area contributed by atoms with Gasteiger partial charge >= 0.3 is 6.09 Å². The second-order valence-electron chi connectivity index (χ2n) is 3.89. The molecule has 2 aromatic carbocycles. The van der Waals surface area contributed by atoms with Crippen molar-refractivity contribution in [2.75, 3.05) is 0 Å². The Morgan fingerprint density at radius 1 is 0.789 bits per heavy atom. The fraction of sp³-hybridized carbons (Fsp3) is 0. The molecule has 5 nitrogen and oxygen atoms in total. The van der Waals surface area contributed by atoms with Gasteiger partial charge < -0.3 is 16.2 Å². The number of amides is 2. The molecule has 0 spiro atoms. The summed E-state index contributed by atoms with van der Waals surface area (Å²) in [5, 5.41) is 0. The quantitative estimate of drug-likeness (QED) is 0.877. The van der Waals surface area contributed by atoms with Gasteiger partial charge in [-0.25, -0.2) is 4.79 Å². The molecule has 5 heteroatoms. The zero-order valence-corrected chi connectivity index (χ0v) is 10.00. The average Bonchev–Trinajstić information content (AvgIpc) is 2.39. The van der Waals surface area contributed by atoms with Gasteiger partial charge in [-0.05, 0) is 35.4 Å². The summed E-state index contributed by atoms with van der Waals surface area (Å²) in [7, 11) is 0. The van der Waals surface area contributed by atoms with E-state index in [9.17, 15) is 9.59 Å². The fourth-order valence-electron chi connectivity index (χ4n) is 1.66. The van der Waals surface area contributed by atoms with Crippen LogP contribution in [0.15, 0.2) is 48.5 Å². The largest absolute Gasteiger partial charge is 0.411 e. The summed E-state index contributed by atoms with van der Waals surface area (Å²) >= 11 is 0. The minimum Gasteiger partial charge on any atom is -0.411 e. The lowest BCUT2D eigenvalue weighted by Gasteiger charge is -2.04. The van der Waals surface area contributed by atoms with Gasteiger partial charge in [-0.1, -0.05) is 24.3 Å². The van der Waals surface area contributed by atoms with Crippen molar-refractivity contribution >= 4 is 12.0 Å². The van der Waals surface area contributed by atoms with Gasteiger partial charge in [0.25, 0.3) is 0 Å². The van der Waals surface area contributed by atoms with Crippen molar-refractivity contribution in [1.82, 2.24) is 0 Å². The van der Waals surface area contributed by atoms with Gasteiger partial charge in [0.05, 0.1) is 0 Å². The SMILES string of the molecule is NC(=O)Oc1ccc(-c2ccc(C(N)=O)cc2)cc1. The molecule has 0 bridgehead atoms. The van der Waals surface area contributed by atoms with E-state index < -0.39 is 12.0 Å². The fourth-order valence-corrected chi connectivity index (χ4v) is 1.66. The Labute approximate surface area is 109 Å². The molecule has 2 amide bonds. The molecule has 0 heterocycles. The van der Waals surface area contributed by atoms with Gasteiger partial charge in [0.2, 0.25) is 5.91 Å². The van der Waals surface area contributed by atoms with Crippen LogP contribution in [0.5, 0.6) is 5.75 Å². The summed E-state index contributed by atoms with van der Waals surface area (Å²) in [6, 6.07) is 13.8. The van der Waals surface area contributed by atoms with Crippen LogP contribution < -0.4 is 16.2 Å². The normalized spacial score (nSPS) is 9.89. The van der Waals surface area contributed by atoms with E-state index in [0.717, 1.165) is 11.1 Å². The van der Waals surface area contributed by atoms with Crippen LogP contribution in [0.2, 0.25) is 0 Å². The highest BCUT2D eigenvalue weighted by Crippen LogP contribution is 2.22. The lowest BCUT2D eigenvalue weighted by atomic mass is 10.0. The van der Waals surface area contributed by atoms with Crippen LogP contribution in [-0.2, 0) is 0 Å². The van der Waals surface area contributed by atoms with Gasteiger partial charge in [0.1, 0.15) is 5.75 Å². The Hall–Kier alpha value is -2.82. The summed E-state index contributed by atoms with van der Waals surface area (Å²) in [6.45, 7) is 0. The second-order valence-corrected chi connectivity index (χ2v) is 3.89. The number of carbonyl (C=O) groups is 2. The smallest absolute Gasteiger partial charge is 0.409 e. The summed E-state index contributed by atoms with van der Waals surface area (Å²) in [5.41, 5.74) is 12.4. The molecule has 0 aliphatic carbocycles. The highest BCUT2D eigenvalue weighted by Gasteiger charge is 2.03. The number of carbonyl (C=O) groups excluding carboxylic acids is 2. The molecule has 0 aliphatic heterocycles. The topological polar surface area (TPSA) is 95.4 Å². The number of hydrogen-bond donors (Lipinski definition) is 2. The molecular weight excluding hydrogens is 244 g/mol. The maximum Gasteiger partial charge on any atom is 0.409 e. The summed E-state index contributed by atoms with van der Waals surface area (Å²) in [4.78, 5) is 21.5. The van der Waals surface area contributed by atoms with Crippen molar-refractivity contribution in [2.24, 2.45) is 11.5 Å². The molecule has 0 aromatic heterocycles. The number of primary amides is 2. The molecule has 0 aliphatic rings. The molecule has 0 saturated carbocycles. The minimum atomic E-state index is -0.849. The average molecular weight is 256 g/mol. The van der Waals surface area contributed by atoms with Crippen LogP contribution in [0.25, 0.3) is 11.1 Å². The molecular formula is C14H12N2O3. The van der Waals surface area contributed by atoms with Crippen LogP contribution in [0.1, 0.15) is 10.4 Å². The van der Waals surface area contributed by atoms with E-state index >= 15 is 0 Å². The molecule has 2 aromatic rings. The van der Waals surface area contributed by atoms with E-state index in [1.165, 1.54) is 0 Å². The Morgan fingerprint density at radius 2 is 1.26 bits per heavy atom.